The first-order valence-corrected chi connectivity index (χ1v) is 7.58. The number of imidazole rings is 1. The molecule has 0 aliphatic carbocycles. The van der Waals surface area contributed by atoms with Gasteiger partial charge in [-0.3, -0.25) is 9.20 Å². The van der Waals surface area contributed by atoms with Crippen LogP contribution in [0.2, 0.25) is 0 Å². The molecule has 1 aromatic carbocycles. The van der Waals surface area contributed by atoms with Crippen LogP contribution in [0.4, 0.5) is 0 Å². The number of carbonyl (C=O) groups excluding carboxylic acids is 1. The Morgan fingerprint density at radius 2 is 1.88 bits per heavy atom. The van der Waals surface area contributed by atoms with E-state index >= 15 is 0 Å². The highest BCUT2D eigenvalue weighted by atomic mass is 16.4. The summed E-state index contributed by atoms with van der Waals surface area (Å²) in [7, 11) is 0. The van der Waals surface area contributed by atoms with E-state index < -0.39 is 5.97 Å². The second kappa shape index (κ2) is 6.56. The van der Waals surface area contributed by atoms with E-state index in [0.29, 0.717) is 22.6 Å². The number of carboxylic acid groups (broad SMARTS) is 1. The van der Waals surface area contributed by atoms with Gasteiger partial charge in [-0.1, -0.05) is 18.2 Å². The highest BCUT2D eigenvalue weighted by Crippen LogP contribution is 2.13. The van der Waals surface area contributed by atoms with Crippen LogP contribution in [-0.4, -0.2) is 32.6 Å². The third-order valence-corrected chi connectivity index (χ3v) is 3.69. The van der Waals surface area contributed by atoms with Crippen molar-refractivity contribution in [1.82, 2.24) is 14.8 Å². The number of pyridine rings is 1. The molecule has 0 saturated heterocycles. The average Bonchev–Trinajstić information content (AvgIpc) is 2.90. The van der Waals surface area contributed by atoms with E-state index in [9.17, 15) is 9.59 Å². The summed E-state index contributed by atoms with van der Waals surface area (Å²) in [5.74, 6) is -1.36. The van der Waals surface area contributed by atoms with Crippen molar-refractivity contribution in [2.24, 2.45) is 5.10 Å². The number of aryl methyl sites for hydroxylation is 2. The lowest BCUT2D eigenvalue weighted by atomic mass is 10.1. The first-order chi connectivity index (χ1) is 12.0. The molecule has 126 valence electrons. The Balaban J connectivity index is 1.77. The number of aromatic carboxylic acids is 1. The highest BCUT2D eigenvalue weighted by molar-refractivity contribution is 5.95. The third kappa shape index (κ3) is 3.40. The summed E-state index contributed by atoms with van der Waals surface area (Å²) in [5, 5.41) is 12.8. The lowest BCUT2D eigenvalue weighted by Crippen LogP contribution is -2.20. The number of nitrogens with zero attached hydrogens (tertiary/aromatic N) is 3. The van der Waals surface area contributed by atoms with Crippen molar-refractivity contribution < 1.29 is 14.7 Å². The summed E-state index contributed by atoms with van der Waals surface area (Å²) in [6.45, 7) is 3.71. The molecule has 0 radical (unpaired) electrons. The second-order valence-corrected chi connectivity index (χ2v) is 5.61. The van der Waals surface area contributed by atoms with Gasteiger partial charge in [-0.15, -0.1) is 0 Å². The van der Waals surface area contributed by atoms with Gasteiger partial charge in [-0.25, -0.2) is 15.2 Å². The van der Waals surface area contributed by atoms with Gasteiger partial charge in [0.1, 0.15) is 11.3 Å². The Hall–Kier alpha value is -3.48. The van der Waals surface area contributed by atoms with Crippen LogP contribution in [0.3, 0.4) is 0 Å². The molecule has 7 heteroatoms. The normalized spacial score (nSPS) is 11.1. The standard InChI is InChI=1S/C18H16N4O3/c1-11-3-8-15-20-12(2)16(22(15)10-11)17(23)21-19-9-13-4-6-14(7-5-13)18(24)25/h3-10H,1-2H3,(H,21,23)(H,24,25). The maximum atomic E-state index is 12.4. The van der Waals surface area contributed by atoms with Gasteiger partial charge in [0.2, 0.25) is 0 Å². The number of carbonyl (C=O) groups is 2. The number of rotatable bonds is 4. The molecule has 0 aliphatic rings. The van der Waals surface area contributed by atoms with Crippen LogP contribution in [0, 0.1) is 13.8 Å². The molecule has 3 rings (SSSR count). The Bertz CT molecular complexity index is 987. The van der Waals surface area contributed by atoms with Gasteiger partial charge in [0.25, 0.3) is 5.91 Å². The third-order valence-electron chi connectivity index (χ3n) is 3.69. The van der Waals surface area contributed by atoms with Gasteiger partial charge >= 0.3 is 5.97 Å². The summed E-state index contributed by atoms with van der Waals surface area (Å²) in [4.78, 5) is 27.6. The lowest BCUT2D eigenvalue weighted by Gasteiger charge is -2.02. The Labute approximate surface area is 143 Å². The molecule has 25 heavy (non-hydrogen) atoms. The van der Waals surface area contributed by atoms with Crippen LogP contribution in [0.5, 0.6) is 0 Å². The molecule has 0 spiro atoms. The molecule has 0 aliphatic heterocycles. The van der Waals surface area contributed by atoms with E-state index in [-0.39, 0.29) is 11.5 Å². The molecule has 1 amide bonds. The van der Waals surface area contributed by atoms with Crippen molar-refractivity contribution >= 4 is 23.7 Å². The van der Waals surface area contributed by atoms with Crippen LogP contribution < -0.4 is 5.43 Å². The molecule has 0 atom stereocenters. The molecule has 0 unspecified atom stereocenters. The maximum absolute atomic E-state index is 12.4. The van der Waals surface area contributed by atoms with Crippen molar-refractivity contribution in [3.05, 3.63) is 70.7 Å². The number of carboxylic acids is 1. The van der Waals surface area contributed by atoms with Gasteiger partial charge in [-0.05, 0) is 43.2 Å². The summed E-state index contributed by atoms with van der Waals surface area (Å²) in [6, 6.07) is 9.96. The monoisotopic (exact) mass is 336 g/mol. The van der Waals surface area contributed by atoms with Gasteiger partial charge in [0, 0.05) is 6.20 Å². The van der Waals surface area contributed by atoms with Crippen molar-refractivity contribution in [2.75, 3.05) is 0 Å². The SMILES string of the molecule is Cc1ccc2nc(C)c(C(=O)NN=Cc3ccc(C(=O)O)cc3)n2c1. The molecule has 2 aromatic heterocycles. The molecular weight excluding hydrogens is 320 g/mol. The zero-order valence-electron chi connectivity index (χ0n) is 13.7. The van der Waals surface area contributed by atoms with E-state index in [2.05, 4.69) is 15.5 Å². The number of nitrogens with one attached hydrogen (secondary N) is 1. The lowest BCUT2D eigenvalue weighted by molar-refractivity contribution is 0.0696. The molecule has 0 bridgehead atoms. The average molecular weight is 336 g/mol. The number of benzene rings is 1. The first kappa shape index (κ1) is 16.4. The van der Waals surface area contributed by atoms with E-state index in [1.807, 2.05) is 25.3 Å². The summed E-state index contributed by atoms with van der Waals surface area (Å²) >= 11 is 0. The van der Waals surface area contributed by atoms with E-state index in [1.54, 1.807) is 23.5 Å². The molecular formula is C18H16N4O3. The van der Waals surface area contributed by atoms with Crippen LogP contribution >= 0.6 is 0 Å². The van der Waals surface area contributed by atoms with E-state index in [4.69, 9.17) is 5.11 Å². The number of hydrogen-bond donors (Lipinski definition) is 2. The smallest absolute Gasteiger partial charge is 0.335 e. The Morgan fingerprint density at radius 3 is 2.56 bits per heavy atom. The second-order valence-electron chi connectivity index (χ2n) is 5.61. The fraction of sp³-hybridized carbons (Fsp3) is 0.111. The topological polar surface area (TPSA) is 96.1 Å². The van der Waals surface area contributed by atoms with Gasteiger partial charge in [-0.2, -0.15) is 5.10 Å². The number of hydrazone groups is 1. The number of aromatic nitrogens is 2. The van der Waals surface area contributed by atoms with Crippen LogP contribution in [0.15, 0.2) is 47.7 Å². The van der Waals surface area contributed by atoms with Crippen molar-refractivity contribution in [3.8, 4) is 0 Å². The maximum Gasteiger partial charge on any atom is 0.335 e. The van der Waals surface area contributed by atoms with Gasteiger partial charge < -0.3 is 5.11 Å². The molecule has 0 saturated carbocycles. The van der Waals surface area contributed by atoms with Crippen LogP contribution in [0.25, 0.3) is 5.65 Å². The van der Waals surface area contributed by atoms with Crippen molar-refractivity contribution in [1.29, 1.82) is 0 Å². The molecule has 7 nitrogen and oxygen atoms in total. The molecule has 0 fully saturated rings. The number of hydrogen-bond acceptors (Lipinski definition) is 4. The van der Waals surface area contributed by atoms with E-state index in [1.165, 1.54) is 18.3 Å². The zero-order chi connectivity index (χ0) is 18.0. The zero-order valence-corrected chi connectivity index (χ0v) is 13.7. The predicted octanol–water partition coefficient (Wildman–Crippen LogP) is 2.41. The predicted molar refractivity (Wildman–Crippen MR) is 93.1 cm³/mol. The van der Waals surface area contributed by atoms with Crippen LogP contribution in [-0.2, 0) is 0 Å². The van der Waals surface area contributed by atoms with Gasteiger partial charge in [0.15, 0.2) is 0 Å². The Kier molecular flexibility index (Phi) is 4.30. The quantitative estimate of drug-likeness (QED) is 0.565. The Morgan fingerprint density at radius 1 is 1.16 bits per heavy atom. The highest BCUT2D eigenvalue weighted by Gasteiger charge is 2.16. The fourth-order valence-corrected chi connectivity index (χ4v) is 2.47. The molecule has 2 N–H and O–H groups in total. The minimum absolute atomic E-state index is 0.193. The summed E-state index contributed by atoms with van der Waals surface area (Å²) in [5.41, 5.74) is 6.10. The largest absolute Gasteiger partial charge is 0.478 e. The van der Waals surface area contributed by atoms with Crippen molar-refractivity contribution in [3.63, 3.8) is 0 Å². The number of fused-ring (bicyclic) bond motifs is 1. The fourth-order valence-electron chi connectivity index (χ4n) is 2.47. The molecule has 2 heterocycles. The minimum Gasteiger partial charge on any atom is -0.478 e. The van der Waals surface area contributed by atoms with Crippen molar-refractivity contribution in [2.45, 2.75) is 13.8 Å². The number of amides is 1. The van der Waals surface area contributed by atoms with Crippen LogP contribution in [0.1, 0.15) is 37.7 Å². The summed E-state index contributed by atoms with van der Waals surface area (Å²) in [6.07, 6.45) is 3.30. The van der Waals surface area contributed by atoms with E-state index in [0.717, 1.165) is 5.56 Å². The molecule has 3 aromatic rings. The summed E-state index contributed by atoms with van der Waals surface area (Å²) < 4.78 is 1.73. The minimum atomic E-state index is -0.991. The first-order valence-electron chi connectivity index (χ1n) is 7.58. The van der Waals surface area contributed by atoms with Gasteiger partial charge in [0.05, 0.1) is 17.5 Å².